The number of nitrogens with one attached hydrogen (secondary N) is 1. The summed E-state index contributed by atoms with van der Waals surface area (Å²) in [6.45, 7) is 4.55. The maximum atomic E-state index is 11.6. The highest BCUT2D eigenvalue weighted by atomic mass is 79.9. The van der Waals surface area contributed by atoms with Gasteiger partial charge < -0.3 is 5.73 Å². The van der Waals surface area contributed by atoms with Crippen molar-refractivity contribution >= 4 is 33.4 Å². The van der Waals surface area contributed by atoms with Gasteiger partial charge in [-0.2, -0.15) is 0 Å². The van der Waals surface area contributed by atoms with Crippen molar-refractivity contribution in [1.82, 2.24) is 19.7 Å². The van der Waals surface area contributed by atoms with Crippen LogP contribution in [0, 0.1) is 6.92 Å². The predicted molar refractivity (Wildman–Crippen MR) is 78.3 cm³/mol. The van der Waals surface area contributed by atoms with Gasteiger partial charge in [0.05, 0.1) is 16.4 Å². The van der Waals surface area contributed by atoms with Crippen molar-refractivity contribution in [1.29, 1.82) is 0 Å². The number of nitrogen functional groups attached to an aromatic ring is 1. The Bertz CT molecular complexity index is 651. The van der Waals surface area contributed by atoms with E-state index in [2.05, 4.69) is 31.1 Å². The van der Waals surface area contributed by atoms with Gasteiger partial charge in [0.25, 0.3) is 0 Å². The summed E-state index contributed by atoms with van der Waals surface area (Å²) in [6.07, 6.45) is 2.47. The smallest absolute Gasteiger partial charge is 0.343 e. The molecule has 0 bridgehead atoms. The van der Waals surface area contributed by atoms with E-state index in [4.69, 9.17) is 5.73 Å². The second-order valence-electron chi connectivity index (χ2n) is 4.02. The average molecular weight is 344 g/mol. The maximum absolute atomic E-state index is 11.6. The van der Waals surface area contributed by atoms with E-state index in [1.807, 2.05) is 13.8 Å². The number of pyridine rings is 1. The van der Waals surface area contributed by atoms with Crippen molar-refractivity contribution < 1.29 is 0 Å². The summed E-state index contributed by atoms with van der Waals surface area (Å²) >= 11 is 4.80. The van der Waals surface area contributed by atoms with E-state index in [9.17, 15) is 4.79 Å². The molecule has 2 heterocycles. The normalized spacial score (nSPS) is 10.9. The highest BCUT2D eigenvalue weighted by Crippen LogP contribution is 2.34. The van der Waals surface area contributed by atoms with Crippen LogP contribution in [0.25, 0.3) is 0 Å². The Morgan fingerprint density at radius 1 is 1.58 bits per heavy atom. The lowest BCUT2D eigenvalue weighted by atomic mass is 10.3. The van der Waals surface area contributed by atoms with E-state index < -0.39 is 0 Å². The quantitative estimate of drug-likeness (QED) is 0.887. The first-order valence-electron chi connectivity index (χ1n) is 5.78. The zero-order valence-electron chi connectivity index (χ0n) is 10.6. The van der Waals surface area contributed by atoms with E-state index >= 15 is 0 Å². The van der Waals surface area contributed by atoms with E-state index in [0.717, 1.165) is 21.5 Å². The van der Waals surface area contributed by atoms with Crippen LogP contribution >= 0.6 is 27.7 Å². The fourth-order valence-electron chi connectivity index (χ4n) is 1.53. The number of nitrogens with zero attached hydrogens (tertiary/aromatic N) is 3. The van der Waals surface area contributed by atoms with E-state index in [1.54, 1.807) is 10.8 Å². The van der Waals surface area contributed by atoms with Crippen LogP contribution in [0.15, 0.2) is 25.6 Å². The first kappa shape index (κ1) is 14.1. The van der Waals surface area contributed by atoms with Gasteiger partial charge in [0.2, 0.25) is 0 Å². The zero-order valence-corrected chi connectivity index (χ0v) is 13.0. The average Bonchev–Trinajstić information content (AvgIpc) is 2.73. The number of rotatable bonds is 4. The molecule has 6 nitrogen and oxygen atoms in total. The molecule has 0 saturated carbocycles. The van der Waals surface area contributed by atoms with E-state index in [0.29, 0.717) is 17.4 Å². The first-order valence-corrected chi connectivity index (χ1v) is 7.39. The Kier molecular flexibility index (Phi) is 4.31. The van der Waals surface area contributed by atoms with Gasteiger partial charge in [-0.3, -0.25) is 4.57 Å². The monoisotopic (exact) mass is 343 g/mol. The molecule has 2 aromatic rings. The minimum atomic E-state index is -0.201. The molecular formula is C11H14BrN5OS. The third kappa shape index (κ3) is 2.84. The van der Waals surface area contributed by atoms with Gasteiger partial charge in [-0.05, 0) is 46.6 Å². The standard InChI is InChI=1S/C11H14BrN5OS/c1-3-4-17-10(18)15-16-11(17)19-9-8(12)6(2)7(13)5-14-9/h5H,3-4,13H2,1-2H3,(H,15,18). The summed E-state index contributed by atoms with van der Waals surface area (Å²) in [7, 11) is 0. The molecule has 0 aliphatic carbocycles. The Morgan fingerprint density at radius 3 is 3.00 bits per heavy atom. The molecule has 0 saturated heterocycles. The number of H-pyrrole nitrogens is 1. The van der Waals surface area contributed by atoms with Crippen LogP contribution in [0.4, 0.5) is 5.69 Å². The molecule has 3 N–H and O–H groups in total. The van der Waals surface area contributed by atoms with Gasteiger partial charge in [-0.25, -0.2) is 14.9 Å². The fraction of sp³-hybridized carbons (Fsp3) is 0.364. The van der Waals surface area contributed by atoms with Gasteiger partial charge in [0.1, 0.15) is 5.03 Å². The molecule has 0 radical (unpaired) electrons. The van der Waals surface area contributed by atoms with Crippen LogP contribution in [0.2, 0.25) is 0 Å². The van der Waals surface area contributed by atoms with Crippen molar-refractivity contribution in [2.24, 2.45) is 0 Å². The molecule has 0 fully saturated rings. The largest absolute Gasteiger partial charge is 0.397 e. The van der Waals surface area contributed by atoms with Crippen LogP contribution in [-0.4, -0.2) is 19.7 Å². The van der Waals surface area contributed by atoms with Gasteiger partial charge in [-0.1, -0.05) is 6.92 Å². The maximum Gasteiger partial charge on any atom is 0.343 e. The van der Waals surface area contributed by atoms with Gasteiger partial charge in [-0.15, -0.1) is 5.10 Å². The summed E-state index contributed by atoms with van der Waals surface area (Å²) < 4.78 is 2.43. The molecule has 19 heavy (non-hydrogen) atoms. The van der Waals surface area contributed by atoms with E-state index in [-0.39, 0.29) is 5.69 Å². The molecule has 8 heteroatoms. The van der Waals surface area contributed by atoms with Crippen molar-refractivity contribution in [2.45, 2.75) is 37.0 Å². The molecular weight excluding hydrogens is 330 g/mol. The third-order valence-corrected chi connectivity index (χ3v) is 4.86. The molecule has 0 amide bonds. The molecule has 0 aliphatic heterocycles. The van der Waals surface area contributed by atoms with Gasteiger partial charge in [0.15, 0.2) is 5.16 Å². The lowest BCUT2D eigenvalue weighted by molar-refractivity contribution is 0.603. The summed E-state index contributed by atoms with van der Waals surface area (Å²) in [6, 6.07) is 0. The number of nitrogens with two attached hydrogens (primary N) is 1. The Labute approximate surface area is 122 Å². The van der Waals surface area contributed by atoms with Gasteiger partial charge >= 0.3 is 5.69 Å². The minimum absolute atomic E-state index is 0.201. The molecule has 2 aromatic heterocycles. The van der Waals surface area contributed by atoms with Crippen LogP contribution in [0.1, 0.15) is 18.9 Å². The van der Waals surface area contributed by atoms with Crippen molar-refractivity contribution in [3.05, 3.63) is 26.7 Å². The molecule has 2 rings (SSSR count). The van der Waals surface area contributed by atoms with Crippen molar-refractivity contribution in [2.75, 3.05) is 5.73 Å². The molecule has 0 aliphatic rings. The number of hydrogen-bond donors (Lipinski definition) is 2. The summed E-state index contributed by atoms with van der Waals surface area (Å²) in [5.41, 5.74) is 7.14. The highest BCUT2D eigenvalue weighted by molar-refractivity contribution is 9.10. The SMILES string of the molecule is CCCn1c(Sc2ncc(N)c(C)c2Br)n[nH]c1=O. The van der Waals surface area contributed by atoms with Crippen LogP contribution < -0.4 is 11.4 Å². The lowest BCUT2D eigenvalue weighted by Crippen LogP contribution is -2.17. The van der Waals surface area contributed by atoms with Gasteiger partial charge in [0, 0.05) is 6.54 Å². The van der Waals surface area contributed by atoms with Crippen molar-refractivity contribution in [3.8, 4) is 0 Å². The van der Waals surface area contributed by atoms with E-state index in [1.165, 1.54) is 11.8 Å². The molecule has 0 aromatic carbocycles. The number of aromatic amines is 1. The number of halogens is 1. The Hall–Kier alpha value is -1.28. The zero-order chi connectivity index (χ0) is 14.0. The number of hydrogen-bond acceptors (Lipinski definition) is 5. The molecule has 102 valence electrons. The highest BCUT2D eigenvalue weighted by Gasteiger charge is 2.14. The van der Waals surface area contributed by atoms with Crippen LogP contribution in [0.3, 0.4) is 0 Å². The second kappa shape index (κ2) is 5.79. The minimum Gasteiger partial charge on any atom is -0.397 e. The molecule has 0 spiro atoms. The second-order valence-corrected chi connectivity index (χ2v) is 5.77. The Morgan fingerprint density at radius 2 is 2.32 bits per heavy atom. The lowest BCUT2D eigenvalue weighted by Gasteiger charge is -2.08. The number of aromatic nitrogens is 4. The summed E-state index contributed by atoms with van der Waals surface area (Å²) in [4.78, 5) is 15.9. The van der Waals surface area contributed by atoms with Crippen molar-refractivity contribution in [3.63, 3.8) is 0 Å². The topological polar surface area (TPSA) is 89.6 Å². The first-order chi connectivity index (χ1) is 9.04. The number of anilines is 1. The molecule has 0 unspecified atom stereocenters. The predicted octanol–water partition coefficient (Wildman–Crippen LogP) is 2.18. The Balaban J connectivity index is 2.37. The van der Waals surface area contributed by atoms with Crippen LogP contribution in [-0.2, 0) is 6.54 Å². The summed E-state index contributed by atoms with van der Waals surface area (Å²) in [5, 5.41) is 7.82. The third-order valence-electron chi connectivity index (χ3n) is 2.63. The molecule has 0 atom stereocenters. The summed E-state index contributed by atoms with van der Waals surface area (Å²) in [5.74, 6) is 0. The van der Waals surface area contributed by atoms with Crippen LogP contribution in [0.5, 0.6) is 0 Å². The fourth-order valence-corrected chi connectivity index (χ4v) is 3.00.